The number of rotatable bonds is 4. The Labute approximate surface area is 155 Å². The van der Waals surface area contributed by atoms with Crippen LogP contribution in [-0.4, -0.2) is 33.6 Å². The first-order valence-corrected chi connectivity index (χ1v) is 8.74. The molecule has 2 aromatic rings. The Morgan fingerprint density at radius 1 is 1.26 bits per heavy atom. The first kappa shape index (κ1) is 17.0. The first-order valence-electron chi connectivity index (χ1n) is 8.74. The molecule has 4 N–H and O–H groups in total. The summed E-state index contributed by atoms with van der Waals surface area (Å²) in [5.74, 6) is -0.224. The number of fused-ring (bicyclic) bond motifs is 1. The second-order valence-corrected chi connectivity index (χ2v) is 6.67. The van der Waals surface area contributed by atoms with Crippen LogP contribution in [0.3, 0.4) is 0 Å². The number of nitrogen functional groups attached to an aromatic ring is 1. The molecule has 0 aliphatic carbocycles. The topological polar surface area (TPSA) is 117 Å². The molecule has 1 unspecified atom stereocenters. The zero-order valence-electron chi connectivity index (χ0n) is 14.6. The van der Waals surface area contributed by atoms with E-state index in [0.29, 0.717) is 36.6 Å². The van der Waals surface area contributed by atoms with Gasteiger partial charge in [0.1, 0.15) is 11.9 Å². The van der Waals surface area contributed by atoms with E-state index in [1.807, 2.05) is 12.1 Å². The van der Waals surface area contributed by atoms with Crippen LogP contribution in [0.2, 0.25) is 0 Å². The van der Waals surface area contributed by atoms with Gasteiger partial charge in [-0.3, -0.25) is 19.7 Å². The number of nitrogens with zero attached hydrogens (tertiary/aromatic N) is 2. The number of carbonyl (C=O) groups is 3. The van der Waals surface area contributed by atoms with Gasteiger partial charge in [-0.2, -0.15) is 0 Å². The molecule has 0 spiro atoms. The molecule has 2 aliphatic rings. The zero-order valence-corrected chi connectivity index (χ0v) is 14.6. The molecule has 0 saturated carbocycles. The summed E-state index contributed by atoms with van der Waals surface area (Å²) in [5.41, 5.74) is 8.83. The third-order valence-electron chi connectivity index (χ3n) is 4.92. The van der Waals surface area contributed by atoms with Crippen molar-refractivity contribution in [3.8, 4) is 0 Å². The lowest BCUT2D eigenvalue weighted by molar-refractivity contribution is -0.136. The van der Waals surface area contributed by atoms with Gasteiger partial charge in [0, 0.05) is 43.0 Å². The molecule has 27 heavy (non-hydrogen) atoms. The quantitative estimate of drug-likeness (QED) is 0.697. The summed E-state index contributed by atoms with van der Waals surface area (Å²) in [7, 11) is 0. The number of benzene rings is 1. The van der Waals surface area contributed by atoms with Crippen LogP contribution < -0.4 is 16.4 Å². The van der Waals surface area contributed by atoms with Gasteiger partial charge in [0.15, 0.2) is 0 Å². The van der Waals surface area contributed by atoms with Gasteiger partial charge in [0.2, 0.25) is 11.8 Å². The Morgan fingerprint density at radius 2 is 2.11 bits per heavy atom. The molecule has 8 nitrogen and oxygen atoms in total. The number of pyridine rings is 1. The van der Waals surface area contributed by atoms with Gasteiger partial charge < -0.3 is 16.0 Å². The van der Waals surface area contributed by atoms with Crippen molar-refractivity contribution in [2.75, 3.05) is 11.1 Å². The number of amides is 3. The average Bonchev–Trinajstić information content (AvgIpc) is 2.97. The third kappa shape index (κ3) is 3.21. The Kier molecular flexibility index (Phi) is 4.23. The number of nitrogens with two attached hydrogens (primary N) is 1. The van der Waals surface area contributed by atoms with Crippen LogP contribution >= 0.6 is 0 Å². The van der Waals surface area contributed by atoms with Crippen molar-refractivity contribution in [1.29, 1.82) is 0 Å². The molecule has 0 radical (unpaired) electrons. The summed E-state index contributed by atoms with van der Waals surface area (Å²) in [5, 5.41) is 5.53. The molecule has 4 rings (SSSR count). The second-order valence-electron chi connectivity index (χ2n) is 6.67. The van der Waals surface area contributed by atoms with E-state index in [-0.39, 0.29) is 18.2 Å². The Balaban J connectivity index is 1.54. The number of nitrogens with one attached hydrogen (secondary N) is 2. The number of hydrogen-bond acceptors (Lipinski definition) is 6. The summed E-state index contributed by atoms with van der Waals surface area (Å²) in [6.45, 7) is 0.832. The molecule has 1 aromatic carbocycles. The summed E-state index contributed by atoms with van der Waals surface area (Å²) >= 11 is 0. The van der Waals surface area contributed by atoms with E-state index in [4.69, 9.17) is 5.73 Å². The smallest absolute Gasteiger partial charge is 0.255 e. The van der Waals surface area contributed by atoms with Gasteiger partial charge in [-0.05, 0) is 29.7 Å². The van der Waals surface area contributed by atoms with Gasteiger partial charge in [-0.15, -0.1) is 0 Å². The van der Waals surface area contributed by atoms with Crippen LogP contribution in [-0.2, 0) is 22.7 Å². The van der Waals surface area contributed by atoms with Crippen LogP contribution in [0.25, 0.3) is 0 Å². The molecule has 2 aliphatic heterocycles. The highest BCUT2D eigenvalue weighted by molar-refractivity contribution is 6.05. The highest BCUT2D eigenvalue weighted by Crippen LogP contribution is 2.30. The molecule has 0 bridgehead atoms. The van der Waals surface area contributed by atoms with Gasteiger partial charge in [-0.25, -0.2) is 4.98 Å². The maximum atomic E-state index is 12.8. The number of hydrogen-bond donors (Lipinski definition) is 3. The minimum absolute atomic E-state index is 0.177. The summed E-state index contributed by atoms with van der Waals surface area (Å²) in [4.78, 5) is 42.1. The highest BCUT2D eigenvalue weighted by atomic mass is 16.2. The minimum Gasteiger partial charge on any atom is -0.399 e. The van der Waals surface area contributed by atoms with Crippen LogP contribution in [0.1, 0.15) is 34.3 Å². The number of imide groups is 1. The molecule has 1 aromatic heterocycles. The first-order chi connectivity index (χ1) is 13.0. The lowest BCUT2D eigenvalue weighted by Gasteiger charge is -2.29. The maximum absolute atomic E-state index is 12.8. The van der Waals surface area contributed by atoms with Crippen molar-refractivity contribution in [2.24, 2.45) is 0 Å². The van der Waals surface area contributed by atoms with Crippen molar-refractivity contribution in [3.63, 3.8) is 0 Å². The molecule has 3 heterocycles. The number of carbonyl (C=O) groups excluding carboxylic acids is 3. The maximum Gasteiger partial charge on any atom is 0.255 e. The van der Waals surface area contributed by atoms with E-state index in [9.17, 15) is 14.4 Å². The summed E-state index contributed by atoms with van der Waals surface area (Å²) in [6.07, 6.45) is 2.22. The van der Waals surface area contributed by atoms with Gasteiger partial charge >= 0.3 is 0 Å². The Bertz CT molecular complexity index is 943. The Morgan fingerprint density at radius 3 is 2.89 bits per heavy atom. The zero-order chi connectivity index (χ0) is 19.0. The van der Waals surface area contributed by atoms with E-state index in [1.165, 1.54) is 0 Å². The van der Waals surface area contributed by atoms with Crippen LogP contribution in [0.5, 0.6) is 0 Å². The number of piperidine rings is 1. The summed E-state index contributed by atoms with van der Waals surface area (Å²) in [6, 6.07) is 8.38. The van der Waals surface area contributed by atoms with Crippen molar-refractivity contribution >= 4 is 29.2 Å². The van der Waals surface area contributed by atoms with Crippen LogP contribution in [0.4, 0.5) is 11.5 Å². The highest BCUT2D eigenvalue weighted by Gasteiger charge is 2.39. The molecule has 1 atom stereocenters. The monoisotopic (exact) mass is 365 g/mol. The van der Waals surface area contributed by atoms with E-state index in [1.54, 1.807) is 29.3 Å². The average molecular weight is 365 g/mol. The fraction of sp³-hybridized carbons (Fsp3) is 0.263. The van der Waals surface area contributed by atoms with Crippen molar-refractivity contribution in [3.05, 3.63) is 53.2 Å². The lowest BCUT2D eigenvalue weighted by Crippen LogP contribution is -2.52. The molecule has 1 saturated heterocycles. The van der Waals surface area contributed by atoms with Crippen molar-refractivity contribution in [2.45, 2.75) is 32.0 Å². The van der Waals surface area contributed by atoms with E-state index in [2.05, 4.69) is 15.6 Å². The number of anilines is 2. The largest absolute Gasteiger partial charge is 0.399 e. The normalized spacial score (nSPS) is 19.0. The standard InChI is InChI=1S/C19H19N5O3/c20-12-6-7-21-16(8-12)22-9-11-2-1-3-13-14(11)10-24(19(13)27)15-4-5-17(25)23-18(15)26/h1-3,6-8,15H,4-5,9-10H2,(H3,20,21,22)(H,23,25,26). The van der Waals surface area contributed by atoms with Crippen molar-refractivity contribution in [1.82, 2.24) is 15.2 Å². The van der Waals surface area contributed by atoms with E-state index >= 15 is 0 Å². The van der Waals surface area contributed by atoms with Crippen LogP contribution in [0, 0.1) is 0 Å². The fourth-order valence-corrected chi connectivity index (χ4v) is 3.54. The summed E-state index contributed by atoms with van der Waals surface area (Å²) < 4.78 is 0. The molecule has 1 fully saturated rings. The predicted octanol–water partition coefficient (Wildman–Crippen LogP) is 1.04. The third-order valence-corrected chi connectivity index (χ3v) is 4.92. The van der Waals surface area contributed by atoms with Crippen LogP contribution in [0.15, 0.2) is 36.5 Å². The van der Waals surface area contributed by atoms with E-state index < -0.39 is 11.9 Å². The molecular formula is C19H19N5O3. The molecule has 3 amide bonds. The minimum atomic E-state index is -0.612. The van der Waals surface area contributed by atoms with Gasteiger partial charge in [-0.1, -0.05) is 12.1 Å². The number of aromatic nitrogens is 1. The molecular weight excluding hydrogens is 346 g/mol. The second kappa shape index (κ2) is 6.71. The molecule has 8 heteroatoms. The lowest BCUT2D eigenvalue weighted by atomic mass is 10.0. The van der Waals surface area contributed by atoms with Gasteiger partial charge in [0.25, 0.3) is 5.91 Å². The Hall–Kier alpha value is -3.42. The van der Waals surface area contributed by atoms with Gasteiger partial charge in [0.05, 0.1) is 0 Å². The predicted molar refractivity (Wildman–Crippen MR) is 98.5 cm³/mol. The van der Waals surface area contributed by atoms with E-state index in [0.717, 1.165) is 11.1 Å². The SMILES string of the molecule is Nc1ccnc(NCc2cccc3c2CN(C2CCC(=O)NC2=O)C3=O)c1. The van der Waals surface area contributed by atoms with Crippen molar-refractivity contribution < 1.29 is 14.4 Å². The fourth-order valence-electron chi connectivity index (χ4n) is 3.54. The molecule has 138 valence electrons.